The maximum Gasteiger partial charge on any atom is 0.241 e. The highest BCUT2D eigenvalue weighted by molar-refractivity contribution is 7.89. The van der Waals surface area contributed by atoms with Gasteiger partial charge in [-0.2, -0.15) is 0 Å². The number of fused-ring (bicyclic) bond motifs is 1. The van der Waals surface area contributed by atoms with Crippen molar-refractivity contribution in [3.8, 4) is 0 Å². The van der Waals surface area contributed by atoms with E-state index in [1.807, 2.05) is 30.3 Å². The molecule has 0 unspecified atom stereocenters. The van der Waals surface area contributed by atoms with Crippen LogP contribution in [-0.2, 0) is 16.4 Å². The van der Waals surface area contributed by atoms with Gasteiger partial charge < -0.3 is 11.1 Å². The third-order valence-electron chi connectivity index (χ3n) is 4.07. The molecule has 3 rings (SSSR count). The van der Waals surface area contributed by atoms with Gasteiger partial charge in [0, 0.05) is 35.4 Å². The Hall–Kier alpha value is -2.97. The molecule has 5 N–H and O–H groups in total. The van der Waals surface area contributed by atoms with Gasteiger partial charge >= 0.3 is 0 Å². The molecule has 2 aromatic carbocycles. The molecule has 0 fully saturated rings. The van der Waals surface area contributed by atoms with E-state index in [9.17, 15) is 8.42 Å². The van der Waals surface area contributed by atoms with Crippen LogP contribution in [0.1, 0.15) is 12.0 Å². The van der Waals surface area contributed by atoms with Gasteiger partial charge in [-0.15, -0.1) is 0 Å². The van der Waals surface area contributed by atoms with Crippen molar-refractivity contribution in [1.82, 2.24) is 9.71 Å². The molecule has 140 valence electrons. The van der Waals surface area contributed by atoms with Crippen molar-refractivity contribution in [2.45, 2.75) is 17.7 Å². The second-order valence-corrected chi connectivity index (χ2v) is 7.83. The van der Waals surface area contributed by atoms with Crippen LogP contribution >= 0.6 is 0 Å². The highest BCUT2D eigenvalue weighted by Crippen LogP contribution is 2.21. The van der Waals surface area contributed by atoms with Gasteiger partial charge in [-0.05, 0) is 42.7 Å². The predicted octanol–water partition coefficient (Wildman–Crippen LogP) is 2.45. The summed E-state index contributed by atoms with van der Waals surface area (Å²) in [4.78, 5) is 4.29. The largest absolute Gasteiger partial charge is 0.370 e. The van der Waals surface area contributed by atoms with E-state index in [1.54, 1.807) is 30.6 Å². The molecule has 0 aliphatic carbocycles. The zero-order chi connectivity index (χ0) is 19.3. The van der Waals surface area contributed by atoms with E-state index < -0.39 is 10.0 Å². The quantitative estimate of drug-likeness (QED) is 0.284. The summed E-state index contributed by atoms with van der Waals surface area (Å²) in [5.41, 5.74) is 7.11. The first kappa shape index (κ1) is 18.8. The number of rotatable bonds is 7. The Kier molecular flexibility index (Phi) is 5.68. The molecule has 7 nitrogen and oxygen atoms in total. The van der Waals surface area contributed by atoms with Crippen LogP contribution in [0, 0.1) is 5.41 Å². The van der Waals surface area contributed by atoms with Crippen molar-refractivity contribution in [1.29, 1.82) is 5.41 Å². The molecule has 0 aliphatic rings. The molecule has 1 aromatic heterocycles. The summed E-state index contributed by atoms with van der Waals surface area (Å²) >= 11 is 0. The van der Waals surface area contributed by atoms with Gasteiger partial charge in [-0.25, -0.2) is 13.1 Å². The van der Waals surface area contributed by atoms with E-state index in [4.69, 9.17) is 11.1 Å². The Morgan fingerprint density at radius 2 is 1.96 bits per heavy atom. The monoisotopic (exact) mass is 383 g/mol. The molecule has 0 aliphatic heterocycles. The summed E-state index contributed by atoms with van der Waals surface area (Å²) < 4.78 is 28.0. The van der Waals surface area contributed by atoms with Crippen molar-refractivity contribution in [3.63, 3.8) is 0 Å². The Balaban J connectivity index is 1.62. The number of anilines is 1. The minimum Gasteiger partial charge on any atom is -0.370 e. The van der Waals surface area contributed by atoms with E-state index >= 15 is 0 Å². The van der Waals surface area contributed by atoms with Gasteiger partial charge in [-0.1, -0.05) is 24.3 Å². The predicted molar refractivity (Wildman–Crippen MR) is 107 cm³/mol. The van der Waals surface area contributed by atoms with Gasteiger partial charge in [0.15, 0.2) is 5.96 Å². The zero-order valence-corrected chi connectivity index (χ0v) is 15.5. The Morgan fingerprint density at radius 1 is 1.15 bits per heavy atom. The minimum absolute atomic E-state index is 0.120. The van der Waals surface area contributed by atoms with Crippen molar-refractivity contribution in [2.75, 3.05) is 11.9 Å². The van der Waals surface area contributed by atoms with Gasteiger partial charge in [-0.3, -0.25) is 10.4 Å². The van der Waals surface area contributed by atoms with Crippen LogP contribution in [0.5, 0.6) is 0 Å². The van der Waals surface area contributed by atoms with Crippen LogP contribution < -0.4 is 15.8 Å². The van der Waals surface area contributed by atoms with Crippen LogP contribution in [-0.4, -0.2) is 25.9 Å². The number of aromatic nitrogens is 1. The molecule has 27 heavy (non-hydrogen) atoms. The number of guanidine groups is 1. The molecule has 0 saturated heterocycles. The molecule has 1 heterocycles. The first-order chi connectivity index (χ1) is 13.0. The number of hydrogen-bond donors (Lipinski definition) is 4. The maximum absolute atomic E-state index is 12.7. The fraction of sp³-hybridized carbons (Fsp3) is 0.158. The molecule has 8 heteroatoms. The van der Waals surface area contributed by atoms with Crippen molar-refractivity contribution >= 4 is 32.4 Å². The molecule has 0 radical (unpaired) electrons. The summed E-state index contributed by atoms with van der Waals surface area (Å²) in [7, 11) is -3.60. The first-order valence-corrected chi connectivity index (χ1v) is 9.96. The maximum atomic E-state index is 12.7. The zero-order valence-electron chi connectivity index (χ0n) is 14.6. The van der Waals surface area contributed by atoms with E-state index in [0.29, 0.717) is 24.8 Å². The second-order valence-electron chi connectivity index (χ2n) is 6.09. The third-order valence-corrected chi connectivity index (χ3v) is 5.59. The summed E-state index contributed by atoms with van der Waals surface area (Å²) in [6, 6.07) is 14.4. The van der Waals surface area contributed by atoms with E-state index in [0.717, 1.165) is 16.6 Å². The van der Waals surface area contributed by atoms with Gasteiger partial charge in [0.05, 0.1) is 4.90 Å². The molecule has 3 aromatic rings. The lowest BCUT2D eigenvalue weighted by Gasteiger charge is -2.10. The molecule has 0 spiro atoms. The summed E-state index contributed by atoms with van der Waals surface area (Å²) in [6.45, 7) is 0.328. The average Bonchev–Trinajstić information content (AvgIpc) is 2.64. The fourth-order valence-corrected chi connectivity index (χ4v) is 4.17. The minimum atomic E-state index is -3.60. The Bertz CT molecular complexity index is 1060. The number of nitrogens with two attached hydrogens (primary N) is 1. The van der Waals surface area contributed by atoms with Crippen LogP contribution in [0.3, 0.4) is 0 Å². The van der Waals surface area contributed by atoms with Gasteiger partial charge in [0.2, 0.25) is 10.0 Å². The van der Waals surface area contributed by atoms with Crippen molar-refractivity contribution < 1.29 is 8.42 Å². The van der Waals surface area contributed by atoms with E-state index in [2.05, 4.69) is 15.0 Å². The Labute approximate surface area is 158 Å². The van der Waals surface area contributed by atoms with Crippen molar-refractivity contribution in [2.24, 2.45) is 5.73 Å². The standard InChI is InChI=1S/C19H21N5O2S/c20-19(21)24-16-7-1-4-14(12-16)5-3-10-23-27(25,26)18-8-2-6-15-13-22-11-9-17(15)18/h1-2,4,6-9,11-13,23H,3,5,10H2,(H4,20,21,24). The van der Waals surface area contributed by atoms with Crippen LogP contribution in [0.25, 0.3) is 10.8 Å². The smallest absolute Gasteiger partial charge is 0.241 e. The highest BCUT2D eigenvalue weighted by atomic mass is 32.2. The Morgan fingerprint density at radius 3 is 2.78 bits per heavy atom. The second kappa shape index (κ2) is 8.15. The molecular formula is C19H21N5O2S. The number of pyridine rings is 1. The summed E-state index contributed by atoms with van der Waals surface area (Å²) in [5.74, 6) is -0.120. The van der Waals surface area contributed by atoms with Crippen LogP contribution in [0.4, 0.5) is 5.69 Å². The average molecular weight is 383 g/mol. The van der Waals surface area contributed by atoms with Crippen LogP contribution in [0.15, 0.2) is 65.8 Å². The van der Waals surface area contributed by atoms with Crippen LogP contribution in [0.2, 0.25) is 0 Å². The lowest BCUT2D eigenvalue weighted by Crippen LogP contribution is -2.25. The van der Waals surface area contributed by atoms with Gasteiger partial charge in [0.1, 0.15) is 0 Å². The normalized spacial score (nSPS) is 11.4. The highest BCUT2D eigenvalue weighted by Gasteiger charge is 2.16. The van der Waals surface area contributed by atoms with Crippen molar-refractivity contribution in [3.05, 3.63) is 66.5 Å². The number of hydrogen-bond acceptors (Lipinski definition) is 4. The number of nitrogens with zero attached hydrogens (tertiary/aromatic N) is 1. The number of nitrogens with one attached hydrogen (secondary N) is 3. The molecule has 0 atom stereocenters. The third kappa shape index (κ3) is 4.81. The van der Waals surface area contributed by atoms with E-state index in [-0.39, 0.29) is 10.9 Å². The molecule has 0 bridgehead atoms. The lowest BCUT2D eigenvalue weighted by atomic mass is 10.1. The van der Waals surface area contributed by atoms with Gasteiger partial charge in [0.25, 0.3) is 0 Å². The first-order valence-electron chi connectivity index (χ1n) is 8.48. The van der Waals surface area contributed by atoms with E-state index in [1.165, 1.54) is 0 Å². The summed E-state index contributed by atoms with van der Waals surface area (Å²) in [5, 5.41) is 11.4. The summed E-state index contributed by atoms with van der Waals surface area (Å²) in [6.07, 6.45) is 4.59. The number of benzene rings is 2. The lowest BCUT2D eigenvalue weighted by molar-refractivity contribution is 0.580. The fourth-order valence-electron chi connectivity index (χ4n) is 2.86. The topological polar surface area (TPSA) is 121 Å². The molecular weight excluding hydrogens is 362 g/mol. The number of aryl methyl sites for hydroxylation is 1. The number of sulfonamides is 1. The molecule has 0 amide bonds. The molecule has 0 saturated carbocycles. The SMILES string of the molecule is N=C(N)Nc1cccc(CCCNS(=O)(=O)c2cccc3cnccc23)c1.